The average Bonchev–Trinajstić information content (AvgIpc) is 2.67. The van der Waals surface area contributed by atoms with Crippen molar-refractivity contribution in [2.45, 2.75) is 38.4 Å². The molecule has 1 aliphatic rings. The van der Waals surface area contributed by atoms with E-state index in [1.54, 1.807) is 7.11 Å². The summed E-state index contributed by atoms with van der Waals surface area (Å²) in [6.07, 6.45) is 2.35. The zero-order valence-electron chi connectivity index (χ0n) is 9.77. The van der Waals surface area contributed by atoms with Gasteiger partial charge in [-0.2, -0.15) is 0 Å². The molecule has 0 bridgehead atoms. The average molecular weight is 222 g/mol. The Balaban J connectivity index is 2.14. The molecule has 2 rings (SSSR count). The van der Waals surface area contributed by atoms with Crippen LogP contribution in [0.15, 0.2) is 18.2 Å². The van der Waals surface area contributed by atoms with Gasteiger partial charge in [0.15, 0.2) is 11.5 Å². The lowest BCUT2D eigenvalue weighted by Crippen LogP contribution is -2.25. The Hall–Kier alpha value is -1.22. The van der Waals surface area contributed by atoms with E-state index in [-0.39, 0.29) is 12.2 Å². The quantitative estimate of drug-likeness (QED) is 0.852. The van der Waals surface area contributed by atoms with Crippen LogP contribution in [-0.4, -0.2) is 24.4 Å². The topological polar surface area (TPSA) is 38.7 Å². The molecule has 0 aliphatic heterocycles. The van der Waals surface area contributed by atoms with Gasteiger partial charge in [-0.3, -0.25) is 0 Å². The van der Waals surface area contributed by atoms with Crippen molar-refractivity contribution in [2.75, 3.05) is 7.11 Å². The molecule has 0 radical (unpaired) electrons. The van der Waals surface area contributed by atoms with Crippen LogP contribution in [0.5, 0.6) is 11.5 Å². The molecule has 2 unspecified atom stereocenters. The van der Waals surface area contributed by atoms with Crippen molar-refractivity contribution in [1.29, 1.82) is 0 Å². The summed E-state index contributed by atoms with van der Waals surface area (Å²) in [5.41, 5.74) is 1.14. The molecular weight excluding hydrogens is 204 g/mol. The van der Waals surface area contributed by atoms with Crippen LogP contribution in [0.25, 0.3) is 0 Å². The second-order valence-electron chi connectivity index (χ2n) is 4.31. The SMILES string of the molecule is COc1cc(C)ccc1OC1CCCC1O. The summed E-state index contributed by atoms with van der Waals surface area (Å²) in [6, 6.07) is 5.83. The van der Waals surface area contributed by atoms with Crippen LogP contribution in [0.1, 0.15) is 24.8 Å². The van der Waals surface area contributed by atoms with Gasteiger partial charge in [0.1, 0.15) is 6.10 Å². The minimum atomic E-state index is -0.342. The molecule has 1 fully saturated rings. The van der Waals surface area contributed by atoms with Gasteiger partial charge < -0.3 is 14.6 Å². The van der Waals surface area contributed by atoms with E-state index >= 15 is 0 Å². The number of ether oxygens (including phenoxy) is 2. The summed E-state index contributed by atoms with van der Waals surface area (Å²) in [5, 5.41) is 9.70. The maximum Gasteiger partial charge on any atom is 0.161 e. The molecule has 1 aromatic carbocycles. The molecule has 0 amide bonds. The Bertz CT molecular complexity index is 362. The van der Waals surface area contributed by atoms with Crippen LogP contribution in [0.3, 0.4) is 0 Å². The third kappa shape index (κ3) is 2.30. The lowest BCUT2D eigenvalue weighted by Gasteiger charge is -2.19. The van der Waals surface area contributed by atoms with Crippen molar-refractivity contribution >= 4 is 0 Å². The number of rotatable bonds is 3. The molecule has 3 heteroatoms. The zero-order chi connectivity index (χ0) is 11.5. The molecule has 1 aliphatic carbocycles. The first kappa shape index (κ1) is 11.3. The number of benzene rings is 1. The van der Waals surface area contributed by atoms with Gasteiger partial charge in [-0.05, 0) is 43.9 Å². The number of hydrogen-bond acceptors (Lipinski definition) is 3. The Labute approximate surface area is 96.0 Å². The molecule has 88 valence electrons. The van der Waals surface area contributed by atoms with Gasteiger partial charge in [0.05, 0.1) is 13.2 Å². The standard InChI is InChI=1S/C13H18O3/c1-9-6-7-12(13(8-9)15-2)16-11-5-3-4-10(11)14/h6-8,10-11,14H,3-5H2,1-2H3. The second kappa shape index (κ2) is 4.74. The van der Waals surface area contributed by atoms with Gasteiger partial charge >= 0.3 is 0 Å². The van der Waals surface area contributed by atoms with Gasteiger partial charge in [-0.1, -0.05) is 6.07 Å². The Kier molecular flexibility index (Phi) is 3.34. The van der Waals surface area contributed by atoms with Crippen LogP contribution < -0.4 is 9.47 Å². The van der Waals surface area contributed by atoms with E-state index in [4.69, 9.17) is 9.47 Å². The van der Waals surface area contributed by atoms with Crippen LogP contribution >= 0.6 is 0 Å². The Morgan fingerprint density at radius 3 is 2.69 bits per heavy atom. The predicted octanol–water partition coefficient (Wildman–Crippen LogP) is 2.30. The van der Waals surface area contributed by atoms with Crippen molar-refractivity contribution in [3.63, 3.8) is 0 Å². The van der Waals surface area contributed by atoms with E-state index < -0.39 is 0 Å². The minimum absolute atomic E-state index is 0.0865. The van der Waals surface area contributed by atoms with Crippen LogP contribution in [0.2, 0.25) is 0 Å². The molecule has 0 heterocycles. The molecule has 0 spiro atoms. The van der Waals surface area contributed by atoms with E-state index in [2.05, 4.69) is 0 Å². The lowest BCUT2D eigenvalue weighted by atomic mass is 10.2. The molecular formula is C13H18O3. The van der Waals surface area contributed by atoms with Crippen LogP contribution in [0, 0.1) is 6.92 Å². The fourth-order valence-electron chi connectivity index (χ4n) is 2.08. The summed E-state index contributed by atoms with van der Waals surface area (Å²) in [5.74, 6) is 1.46. The third-order valence-electron chi connectivity index (χ3n) is 3.02. The number of aliphatic hydroxyl groups is 1. The predicted molar refractivity (Wildman–Crippen MR) is 62.0 cm³/mol. The summed E-state index contributed by atoms with van der Waals surface area (Å²) >= 11 is 0. The molecule has 16 heavy (non-hydrogen) atoms. The van der Waals surface area contributed by atoms with Gasteiger partial charge in [0, 0.05) is 0 Å². The van der Waals surface area contributed by atoms with Crippen molar-refractivity contribution in [3.8, 4) is 11.5 Å². The lowest BCUT2D eigenvalue weighted by molar-refractivity contribution is 0.0586. The molecule has 1 aromatic rings. The van der Waals surface area contributed by atoms with E-state index in [1.165, 1.54) is 0 Å². The summed E-state index contributed by atoms with van der Waals surface area (Å²) in [7, 11) is 1.63. The molecule has 1 saturated carbocycles. The number of aliphatic hydroxyl groups excluding tert-OH is 1. The van der Waals surface area contributed by atoms with Crippen molar-refractivity contribution in [2.24, 2.45) is 0 Å². The van der Waals surface area contributed by atoms with E-state index in [9.17, 15) is 5.11 Å². The first-order valence-electron chi connectivity index (χ1n) is 5.70. The Morgan fingerprint density at radius 2 is 2.06 bits per heavy atom. The van der Waals surface area contributed by atoms with Gasteiger partial charge in [-0.25, -0.2) is 0 Å². The fraction of sp³-hybridized carbons (Fsp3) is 0.538. The minimum Gasteiger partial charge on any atom is -0.493 e. The summed E-state index contributed by atoms with van der Waals surface area (Å²) < 4.78 is 11.1. The highest BCUT2D eigenvalue weighted by atomic mass is 16.5. The molecule has 0 aromatic heterocycles. The van der Waals surface area contributed by atoms with Gasteiger partial charge in [-0.15, -0.1) is 0 Å². The van der Waals surface area contributed by atoms with Crippen molar-refractivity contribution < 1.29 is 14.6 Å². The highest BCUT2D eigenvalue weighted by molar-refractivity contribution is 5.42. The van der Waals surface area contributed by atoms with E-state index in [0.29, 0.717) is 0 Å². The third-order valence-corrected chi connectivity index (χ3v) is 3.02. The van der Waals surface area contributed by atoms with Crippen LogP contribution in [0.4, 0.5) is 0 Å². The normalized spacial score (nSPS) is 24.4. The summed E-state index contributed by atoms with van der Waals surface area (Å²) in [6.45, 7) is 2.01. The highest BCUT2D eigenvalue weighted by Crippen LogP contribution is 2.32. The molecule has 2 atom stereocenters. The van der Waals surface area contributed by atoms with Crippen molar-refractivity contribution in [1.82, 2.24) is 0 Å². The molecule has 1 N–H and O–H groups in total. The van der Waals surface area contributed by atoms with Crippen LogP contribution in [-0.2, 0) is 0 Å². The number of methoxy groups -OCH3 is 1. The largest absolute Gasteiger partial charge is 0.493 e. The van der Waals surface area contributed by atoms with E-state index in [0.717, 1.165) is 36.3 Å². The fourth-order valence-corrected chi connectivity index (χ4v) is 2.08. The molecule has 3 nitrogen and oxygen atoms in total. The highest BCUT2D eigenvalue weighted by Gasteiger charge is 2.27. The first-order valence-corrected chi connectivity index (χ1v) is 5.70. The van der Waals surface area contributed by atoms with E-state index in [1.807, 2.05) is 25.1 Å². The first-order chi connectivity index (χ1) is 7.70. The second-order valence-corrected chi connectivity index (χ2v) is 4.31. The maximum atomic E-state index is 9.70. The number of aryl methyl sites for hydroxylation is 1. The Morgan fingerprint density at radius 1 is 1.25 bits per heavy atom. The maximum absolute atomic E-state index is 9.70. The smallest absolute Gasteiger partial charge is 0.161 e. The molecule has 0 saturated heterocycles. The van der Waals surface area contributed by atoms with Crippen molar-refractivity contribution in [3.05, 3.63) is 23.8 Å². The number of hydrogen-bond donors (Lipinski definition) is 1. The van der Waals surface area contributed by atoms with Gasteiger partial charge in [0.25, 0.3) is 0 Å². The van der Waals surface area contributed by atoms with Gasteiger partial charge in [0.2, 0.25) is 0 Å². The monoisotopic (exact) mass is 222 g/mol. The summed E-state index contributed by atoms with van der Waals surface area (Å²) in [4.78, 5) is 0. The zero-order valence-corrected chi connectivity index (χ0v) is 9.77.